The highest BCUT2D eigenvalue weighted by Gasteiger charge is 2.12. The highest BCUT2D eigenvalue weighted by molar-refractivity contribution is 5.84. The Morgan fingerprint density at radius 3 is 2.88 bits per heavy atom. The third kappa shape index (κ3) is 1.44. The Bertz CT molecular complexity index is 697. The molecule has 0 unspecified atom stereocenters. The van der Waals surface area contributed by atoms with Crippen molar-refractivity contribution in [3.8, 4) is 11.6 Å². The van der Waals surface area contributed by atoms with Gasteiger partial charge in [0.15, 0.2) is 17.7 Å². The number of carbonyl (C=O) groups is 1. The predicted molar refractivity (Wildman–Crippen MR) is 60.8 cm³/mol. The molecule has 0 saturated carbocycles. The summed E-state index contributed by atoms with van der Waals surface area (Å²) in [5.41, 5.74) is 1.04. The average molecular weight is 227 g/mol. The second kappa shape index (κ2) is 3.55. The molecular weight excluding hydrogens is 218 g/mol. The van der Waals surface area contributed by atoms with E-state index in [0.717, 1.165) is 12.0 Å². The number of carbonyl (C=O) groups excluding carboxylic acids is 1. The monoisotopic (exact) mass is 227 g/mol. The molecule has 3 aromatic rings. The largest absolute Gasteiger partial charge is 0.458 e. The predicted octanol–water partition coefficient (Wildman–Crippen LogP) is 2.11. The van der Waals surface area contributed by atoms with E-state index in [9.17, 15) is 4.79 Å². The fraction of sp³-hybridized carbons (Fsp3) is 0.0833. The number of aryl methyl sites for hydroxylation is 1. The van der Waals surface area contributed by atoms with Gasteiger partial charge in [0.2, 0.25) is 5.82 Å². The van der Waals surface area contributed by atoms with Crippen LogP contribution in [0.1, 0.15) is 16.1 Å². The molecule has 0 bridgehead atoms. The molecule has 3 rings (SSSR count). The highest BCUT2D eigenvalue weighted by atomic mass is 16.3. The number of hydrogen-bond acceptors (Lipinski definition) is 4. The van der Waals surface area contributed by atoms with Crippen LogP contribution in [0.4, 0.5) is 0 Å². The molecule has 5 heteroatoms. The van der Waals surface area contributed by atoms with Gasteiger partial charge in [-0.1, -0.05) is 0 Å². The summed E-state index contributed by atoms with van der Waals surface area (Å²) in [4.78, 5) is 10.9. The quantitative estimate of drug-likeness (QED) is 0.629. The Balaban J connectivity index is 2.28. The minimum Gasteiger partial charge on any atom is -0.458 e. The number of nitrogens with zero attached hydrogens (tertiary/aromatic N) is 3. The molecule has 84 valence electrons. The first-order valence-corrected chi connectivity index (χ1v) is 5.15. The lowest BCUT2D eigenvalue weighted by molar-refractivity contribution is 0.112. The van der Waals surface area contributed by atoms with E-state index in [1.165, 1.54) is 0 Å². The van der Waals surface area contributed by atoms with E-state index in [-0.39, 0.29) is 0 Å². The molecule has 0 radical (unpaired) electrons. The Morgan fingerprint density at radius 2 is 2.18 bits per heavy atom. The van der Waals surface area contributed by atoms with Crippen LogP contribution in [0.3, 0.4) is 0 Å². The SMILES string of the molecule is Cc1ccc(-c2nnc3c(C=O)cccn23)o1. The first-order chi connectivity index (χ1) is 8.29. The van der Waals surface area contributed by atoms with E-state index in [0.29, 0.717) is 22.8 Å². The van der Waals surface area contributed by atoms with Crippen molar-refractivity contribution in [2.45, 2.75) is 6.92 Å². The minimum absolute atomic E-state index is 0.509. The number of furan rings is 1. The van der Waals surface area contributed by atoms with Gasteiger partial charge < -0.3 is 4.42 Å². The van der Waals surface area contributed by atoms with Gasteiger partial charge in [-0.2, -0.15) is 0 Å². The summed E-state index contributed by atoms with van der Waals surface area (Å²) in [6.45, 7) is 1.86. The molecule has 0 aliphatic carbocycles. The second-order valence-electron chi connectivity index (χ2n) is 3.71. The summed E-state index contributed by atoms with van der Waals surface area (Å²) in [6, 6.07) is 7.17. The summed E-state index contributed by atoms with van der Waals surface area (Å²) in [5, 5.41) is 8.04. The fourth-order valence-electron chi connectivity index (χ4n) is 1.75. The molecule has 17 heavy (non-hydrogen) atoms. The summed E-state index contributed by atoms with van der Waals surface area (Å²) < 4.78 is 7.24. The van der Waals surface area contributed by atoms with Gasteiger partial charge >= 0.3 is 0 Å². The van der Waals surface area contributed by atoms with Gasteiger partial charge in [0.05, 0.1) is 5.56 Å². The average Bonchev–Trinajstić information content (AvgIpc) is 2.94. The molecule has 0 fully saturated rings. The highest BCUT2D eigenvalue weighted by Crippen LogP contribution is 2.21. The summed E-state index contributed by atoms with van der Waals surface area (Å²) in [5.74, 6) is 2.04. The smallest absolute Gasteiger partial charge is 0.204 e. The Kier molecular flexibility index (Phi) is 2.04. The maximum atomic E-state index is 10.9. The van der Waals surface area contributed by atoms with Crippen molar-refractivity contribution in [2.75, 3.05) is 0 Å². The van der Waals surface area contributed by atoms with Crippen molar-refractivity contribution < 1.29 is 9.21 Å². The van der Waals surface area contributed by atoms with Crippen LogP contribution in [0.2, 0.25) is 0 Å². The van der Waals surface area contributed by atoms with Crippen LogP contribution >= 0.6 is 0 Å². The number of pyridine rings is 1. The summed E-state index contributed by atoms with van der Waals surface area (Å²) in [7, 11) is 0. The number of aldehydes is 1. The van der Waals surface area contributed by atoms with Crippen molar-refractivity contribution in [3.05, 3.63) is 41.8 Å². The van der Waals surface area contributed by atoms with Crippen LogP contribution < -0.4 is 0 Å². The Morgan fingerprint density at radius 1 is 1.29 bits per heavy atom. The van der Waals surface area contributed by atoms with Gasteiger partial charge in [-0.25, -0.2) is 0 Å². The first kappa shape index (κ1) is 9.77. The van der Waals surface area contributed by atoms with E-state index in [1.54, 1.807) is 22.7 Å². The lowest BCUT2D eigenvalue weighted by Gasteiger charge is -1.97. The van der Waals surface area contributed by atoms with Crippen LogP contribution in [0.5, 0.6) is 0 Å². The zero-order chi connectivity index (χ0) is 11.8. The lowest BCUT2D eigenvalue weighted by Crippen LogP contribution is -1.91. The normalized spacial score (nSPS) is 10.9. The Labute approximate surface area is 96.7 Å². The van der Waals surface area contributed by atoms with Crippen molar-refractivity contribution in [1.29, 1.82) is 0 Å². The molecule has 0 amide bonds. The van der Waals surface area contributed by atoms with Gasteiger partial charge in [0.1, 0.15) is 5.76 Å². The first-order valence-electron chi connectivity index (χ1n) is 5.15. The molecule has 3 aromatic heterocycles. The minimum atomic E-state index is 0.509. The fourth-order valence-corrected chi connectivity index (χ4v) is 1.75. The van der Waals surface area contributed by atoms with E-state index in [2.05, 4.69) is 10.2 Å². The number of aromatic nitrogens is 3. The van der Waals surface area contributed by atoms with Crippen LogP contribution in [-0.4, -0.2) is 20.9 Å². The maximum absolute atomic E-state index is 10.9. The van der Waals surface area contributed by atoms with Gasteiger partial charge in [-0.05, 0) is 31.2 Å². The summed E-state index contributed by atoms with van der Waals surface area (Å²) in [6.07, 6.45) is 2.57. The second-order valence-corrected chi connectivity index (χ2v) is 3.71. The third-order valence-corrected chi connectivity index (χ3v) is 2.55. The molecule has 0 spiro atoms. The van der Waals surface area contributed by atoms with Crippen LogP contribution in [-0.2, 0) is 0 Å². The van der Waals surface area contributed by atoms with E-state index in [4.69, 9.17) is 4.42 Å². The molecule has 3 heterocycles. The van der Waals surface area contributed by atoms with E-state index >= 15 is 0 Å². The van der Waals surface area contributed by atoms with Crippen molar-refractivity contribution in [3.63, 3.8) is 0 Å². The maximum Gasteiger partial charge on any atom is 0.204 e. The van der Waals surface area contributed by atoms with E-state index in [1.807, 2.05) is 19.1 Å². The zero-order valence-corrected chi connectivity index (χ0v) is 9.12. The molecule has 0 N–H and O–H groups in total. The van der Waals surface area contributed by atoms with Crippen molar-refractivity contribution in [1.82, 2.24) is 14.6 Å². The summed E-state index contributed by atoms with van der Waals surface area (Å²) >= 11 is 0. The number of rotatable bonds is 2. The molecule has 0 aliphatic rings. The Hall–Kier alpha value is -2.43. The van der Waals surface area contributed by atoms with Gasteiger partial charge in [-0.3, -0.25) is 9.20 Å². The van der Waals surface area contributed by atoms with Gasteiger partial charge in [-0.15, -0.1) is 10.2 Å². The number of hydrogen-bond donors (Lipinski definition) is 0. The number of fused-ring (bicyclic) bond motifs is 1. The zero-order valence-electron chi connectivity index (χ0n) is 9.12. The van der Waals surface area contributed by atoms with Gasteiger partial charge in [0, 0.05) is 6.20 Å². The molecule has 0 aromatic carbocycles. The standard InChI is InChI=1S/C12H9N3O2/c1-8-4-5-10(17-8)12-14-13-11-9(7-16)3-2-6-15(11)12/h2-7H,1H3. The molecule has 0 saturated heterocycles. The van der Waals surface area contributed by atoms with Crippen molar-refractivity contribution >= 4 is 11.9 Å². The third-order valence-electron chi connectivity index (χ3n) is 2.55. The van der Waals surface area contributed by atoms with Crippen LogP contribution in [0.25, 0.3) is 17.2 Å². The molecule has 0 aliphatic heterocycles. The van der Waals surface area contributed by atoms with Crippen molar-refractivity contribution in [2.24, 2.45) is 0 Å². The molecule has 0 atom stereocenters. The van der Waals surface area contributed by atoms with Crippen LogP contribution in [0.15, 0.2) is 34.9 Å². The van der Waals surface area contributed by atoms with Gasteiger partial charge in [0.25, 0.3) is 0 Å². The molecule has 5 nitrogen and oxygen atoms in total. The lowest BCUT2D eigenvalue weighted by atomic mass is 10.3. The molecular formula is C12H9N3O2. The van der Waals surface area contributed by atoms with E-state index < -0.39 is 0 Å². The van der Waals surface area contributed by atoms with Crippen LogP contribution in [0, 0.1) is 6.92 Å². The topological polar surface area (TPSA) is 60.4 Å².